The fourth-order valence-corrected chi connectivity index (χ4v) is 2.63. The van der Waals surface area contributed by atoms with E-state index in [4.69, 9.17) is 0 Å². The first-order valence-corrected chi connectivity index (χ1v) is 7.61. The zero-order valence-electron chi connectivity index (χ0n) is 14.2. The molecular weight excluding hydrogens is 286 g/mol. The van der Waals surface area contributed by atoms with E-state index < -0.39 is 11.6 Å². The van der Waals surface area contributed by atoms with E-state index in [0.29, 0.717) is 5.56 Å². The lowest BCUT2D eigenvalue weighted by molar-refractivity contribution is -0.136. The van der Waals surface area contributed by atoms with Crippen LogP contribution >= 0.6 is 0 Å². The molecule has 0 aliphatic carbocycles. The highest BCUT2D eigenvalue weighted by atomic mass is 19.2. The van der Waals surface area contributed by atoms with Gasteiger partial charge in [-0.25, -0.2) is 8.78 Å². The molecule has 1 aromatic rings. The minimum absolute atomic E-state index is 0.0296. The van der Waals surface area contributed by atoms with Gasteiger partial charge in [0, 0.05) is 18.1 Å². The van der Waals surface area contributed by atoms with Crippen LogP contribution in [0.25, 0.3) is 0 Å². The van der Waals surface area contributed by atoms with Crippen molar-refractivity contribution in [1.29, 1.82) is 0 Å². The summed E-state index contributed by atoms with van der Waals surface area (Å²) >= 11 is 0. The van der Waals surface area contributed by atoms with Gasteiger partial charge in [0.15, 0.2) is 11.6 Å². The molecule has 0 N–H and O–H groups in total. The number of amides is 1. The number of carbonyl (C=O) groups excluding carboxylic acids is 1. The van der Waals surface area contributed by atoms with Gasteiger partial charge in [0.1, 0.15) is 0 Å². The molecule has 3 nitrogen and oxygen atoms in total. The number of benzene rings is 1. The Morgan fingerprint density at radius 2 is 1.59 bits per heavy atom. The Hall–Kier alpha value is -1.49. The molecule has 0 aliphatic rings. The van der Waals surface area contributed by atoms with Gasteiger partial charge in [-0.3, -0.25) is 9.69 Å². The second-order valence-corrected chi connectivity index (χ2v) is 6.25. The van der Waals surface area contributed by atoms with Crippen LogP contribution in [-0.4, -0.2) is 41.4 Å². The highest BCUT2D eigenvalue weighted by molar-refractivity contribution is 5.78. The number of rotatable bonds is 6. The molecule has 1 aromatic carbocycles. The largest absolute Gasteiger partial charge is 0.337 e. The van der Waals surface area contributed by atoms with Crippen molar-refractivity contribution >= 4 is 5.91 Å². The number of hydrogen-bond acceptors (Lipinski definition) is 2. The van der Waals surface area contributed by atoms with Crippen LogP contribution in [0.15, 0.2) is 18.2 Å². The van der Waals surface area contributed by atoms with Crippen LogP contribution in [0.5, 0.6) is 0 Å². The zero-order valence-corrected chi connectivity index (χ0v) is 14.2. The standard InChI is InChI=1S/C17H26F2N2O/c1-11(2)21(12(3)4)17(22)10-20(6)13(5)14-7-8-15(18)16(19)9-14/h7-9,11-13H,10H2,1-6H3. The van der Waals surface area contributed by atoms with Crippen molar-refractivity contribution in [2.24, 2.45) is 0 Å². The molecule has 0 heterocycles. The van der Waals surface area contributed by atoms with Gasteiger partial charge in [-0.2, -0.15) is 0 Å². The van der Waals surface area contributed by atoms with Crippen LogP contribution < -0.4 is 0 Å². The van der Waals surface area contributed by atoms with Crippen LogP contribution in [0.2, 0.25) is 0 Å². The molecular formula is C17H26F2N2O. The molecule has 0 saturated carbocycles. The Bertz CT molecular complexity index is 509. The van der Waals surface area contributed by atoms with Crippen LogP contribution in [0, 0.1) is 11.6 Å². The third-order valence-corrected chi connectivity index (χ3v) is 3.87. The third-order valence-electron chi connectivity index (χ3n) is 3.87. The van der Waals surface area contributed by atoms with Crippen LogP contribution in [0.1, 0.15) is 46.2 Å². The van der Waals surface area contributed by atoms with Crippen molar-refractivity contribution in [2.75, 3.05) is 13.6 Å². The lowest BCUT2D eigenvalue weighted by atomic mass is 10.1. The third kappa shape index (κ3) is 4.50. The van der Waals surface area contributed by atoms with Gasteiger partial charge in [0.05, 0.1) is 6.54 Å². The quantitative estimate of drug-likeness (QED) is 0.801. The Kier molecular flexibility index (Phi) is 6.48. The fourth-order valence-electron chi connectivity index (χ4n) is 2.63. The van der Waals surface area contributed by atoms with Gasteiger partial charge in [0.2, 0.25) is 5.91 Å². The summed E-state index contributed by atoms with van der Waals surface area (Å²) in [5.74, 6) is -1.70. The topological polar surface area (TPSA) is 23.6 Å². The van der Waals surface area contributed by atoms with E-state index >= 15 is 0 Å². The van der Waals surface area contributed by atoms with E-state index in [0.717, 1.165) is 6.07 Å². The van der Waals surface area contributed by atoms with Gasteiger partial charge in [-0.15, -0.1) is 0 Å². The monoisotopic (exact) mass is 312 g/mol. The molecule has 0 radical (unpaired) electrons. The number of halogens is 2. The summed E-state index contributed by atoms with van der Waals surface area (Å²) in [6.07, 6.45) is 0. The SMILES string of the molecule is CC(c1ccc(F)c(F)c1)N(C)CC(=O)N(C(C)C)C(C)C. The Labute approximate surface area is 131 Å². The Balaban J connectivity index is 2.80. The number of carbonyl (C=O) groups is 1. The Morgan fingerprint density at radius 1 is 1.05 bits per heavy atom. The molecule has 1 amide bonds. The minimum Gasteiger partial charge on any atom is -0.337 e. The smallest absolute Gasteiger partial charge is 0.237 e. The van der Waals surface area contributed by atoms with Gasteiger partial charge in [-0.05, 0) is 59.4 Å². The Morgan fingerprint density at radius 3 is 2.05 bits per heavy atom. The molecule has 1 rings (SSSR count). The molecule has 0 bridgehead atoms. The van der Waals surface area contributed by atoms with E-state index in [-0.39, 0.29) is 30.6 Å². The molecule has 1 atom stereocenters. The maximum Gasteiger partial charge on any atom is 0.237 e. The predicted molar refractivity (Wildman–Crippen MR) is 84.5 cm³/mol. The van der Waals surface area contributed by atoms with Crippen molar-refractivity contribution < 1.29 is 13.6 Å². The van der Waals surface area contributed by atoms with E-state index in [2.05, 4.69) is 0 Å². The number of likely N-dealkylation sites (N-methyl/N-ethyl adjacent to an activating group) is 1. The van der Waals surface area contributed by atoms with E-state index in [9.17, 15) is 13.6 Å². The molecule has 1 unspecified atom stereocenters. The average Bonchev–Trinajstić information content (AvgIpc) is 2.39. The molecule has 0 aliphatic heterocycles. The molecule has 0 spiro atoms. The fraction of sp³-hybridized carbons (Fsp3) is 0.588. The summed E-state index contributed by atoms with van der Waals surface area (Å²) in [6.45, 7) is 10.0. The van der Waals surface area contributed by atoms with E-state index in [1.54, 1.807) is 6.07 Å². The number of hydrogen-bond donors (Lipinski definition) is 0. The first-order chi connectivity index (χ1) is 10.1. The highest BCUT2D eigenvalue weighted by Gasteiger charge is 2.23. The normalized spacial score (nSPS) is 13.0. The van der Waals surface area contributed by atoms with Gasteiger partial charge in [0.25, 0.3) is 0 Å². The second kappa shape index (κ2) is 7.68. The lowest BCUT2D eigenvalue weighted by Gasteiger charge is -2.33. The second-order valence-electron chi connectivity index (χ2n) is 6.25. The first kappa shape index (κ1) is 18.6. The molecule has 0 aromatic heterocycles. The summed E-state index contributed by atoms with van der Waals surface area (Å²) in [5.41, 5.74) is 0.648. The predicted octanol–water partition coefficient (Wildman–Crippen LogP) is 3.60. The van der Waals surface area contributed by atoms with Crippen molar-refractivity contribution in [1.82, 2.24) is 9.80 Å². The van der Waals surface area contributed by atoms with Gasteiger partial charge < -0.3 is 4.90 Å². The molecule has 0 fully saturated rings. The van der Waals surface area contributed by atoms with Crippen molar-refractivity contribution in [3.05, 3.63) is 35.4 Å². The van der Waals surface area contributed by atoms with Crippen molar-refractivity contribution in [3.8, 4) is 0 Å². The summed E-state index contributed by atoms with van der Waals surface area (Å²) in [6, 6.07) is 3.92. The zero-order chi connectivity index (χ0) is 17.0. The molecule has 5 heteroatoms. The van der Waals surface area contributed by atoms with Crippen LogP contribution in [0.3, 0.4) is 0 Å². The maximum absolute atomic E-state index is 13.3. The van der Waals surface area contributed by atoms with Gasteiger partial charge >= 0.3 is 0 Å². The summed E-state index contributed by atoms with van der Waals surface area (Å²) in [5, 5.41) is 0. The number of nitrogens with zero attached hydrogens (tertiary/aromatic N) is 2. The first-order valence-electron chi connectivity index (χ1n) is 7.61. The van der Waals surface area contributed by atoms with Crippen LogP contribution in [-0.2, 0) is 4.79 Å². The summed E-state index contributed by atoms with van der Waals surface area (Å²) in [7, 11) is 1.81. The van der Waals surface area contributed by atoms with Gasteiger partial charge in [-0.1, -0.05) is 6.07 Å². The highest BCUT2D eigenvalue weighted by Crippen LogP contribution is 2.21. The van der Waals surface area contributed by atoms with Crippen molar-refractivity contribution in [2.45, 2.75) is 52.7 Å². The van der Waals surface area contributed by atoms with Crippen LogP contribution in [0.4, 0.5) is 8.78 Å². The van der Waals surface area contributed by atoms with E-state index in [1.807, 2.05) is 51.5 Å². The van der Waals surface area contributed by atoms with Crippen molar-refractivity contribution in [3.63, 3.8) is 0 Å². The van der Waals surface area contributed by atoms with E-state index in [1.165, 1.54) is 6.07 Å². The average molecular weight is 312 g/mol. The summed E-state index contributed by atoms with van der Waals surface area (Å²) < 4.78 is 26.3. The minimum atomic E-state index is -0.866. The molecule has 124 valence electrons. The lowest BCUT2D eigenvalue weighted by Crippen LogP contribution is -2.46. The molecule has 0 saturated heterocycles. The maximum atomic E-state index is 13.3. The molecule has 22 heavy (non-hydrogen) atoms. The summed E-state index contributed by atoms with van der Waals surface area (Å²) in [4.78, 5) is 16.1.